The Morgan fingerprint density at radius 3 is 2.80 bits per heavy atom. The maximum absolute atomic E-state index is 5.61. The summed E-state index contributed by atoms with van der Waals surface area (Å²) in [6, 6.07) is 8.05. The van der Waals surface area contributed by atoms with Gasteiger partial charge in [0, 0.05) is 25.2 Å². The van der Waals surface area contributed by atoms with Crippen LogP contribution in [0.3, 0.4) is 0 Å². The number of para-hydroxylation sites is 1. The van der Waals surface area contributed by atoms with Crippen LogP contribution in [-0.2, 0) is 11.3 Å². The first-order valence-corrected chi connectivity index (χ1v) is 6.99. The molecule has 1 aromatic rings. The monoisotopic (exact) mass is 278 g/mol. The Hall–Kier alpha value is -1.36. The minimum absolute atomic E-state index is 0.532. The number of likely N-dealkylation sites (N-methyl/N-ethyl adjacent to an activating group) is 1. The van der Waals surface area contributed by atoms with Gasteiger partial charge in [-0.25, -0.2) is 0 Å². The second-order valence-corrected chi connectivity index (χ2v) is 4.80. The highest BCUT2D eigenvalue weighted by molar-refractivity contribution is 5.33. The number of nitrogens with zero attached hydrogens (tertiary/aromatic N) is 1. The molecule has 0 atom stereocenters. The molecule has 1 N–H and O–H groups in total. The van der Waals surface area contributed by atoms with Crippen LogP contribution in [0.4, 0.5) is 0 Å². The minimum atomic E-state index is 0.532. The van der Waals surface area contributed by atoms with Crippen molar-refractivity contribution in [2.24, 2.45) is 0 Å². The Kier molecular flexibility index (Phi) is 8.71. The number of ether oxygens (including phenoxy) is 2. The second-order valence-electron chi connectivity index (χ2n) is 4.80. The lowest BCUT2D eigenvalue weighted by Crippen LogP contribution is -2.23. The van der Waals surface area contributed by atoms with E-state index in [-0.39, 0.29) is 0 Å². The fraction of sp³-hybridized carbons (Fsp3) is 0.500. The molecule has 0 amide bonds. The molecule has 0 fully saturated rings. The van der Waals surface area contributed by atoms with E-state index in [9.17, 15) is 0 Å². The van der Waals surface area contributed by atoms with Crippen molar-refractivity contribution in [1.82, 2.24) is 10.2 Å². The summed E-state index contributed by atoms with van der Waals surface area (Å²) in [5.41, 5.74) is 1.16. The minimum Gasteiger partial charge on any atom is -0.489 e. The van der Waals surface area contributed by atoms with Crippen LogP contribution in [0.5, 0.6) is 5.75 Å². The van der Waals surface area contributed by atoms with Crippen molar-refractivity contribution in [3.63, 3.8) is 0 Å². The summed E-state index contributed by atoms with van der Waals surface area (Å²) in [7, 11) is 4.09. The van der Waals surface area contributed by atoms with Gasteiger partial charge in [-0.1, -0.05) is 30.9 Å². The molecular formula is C16H26N2O2. The van der Waals surface area contributed by atoms with Crippen molar-refractivity contribution < 1.29 is 9.47 Å². The predicted molar refractivity (Wildman–Crippen MR) is 83.2 cm³/mol. The van der Waals surface area contributed by atoms with E-state index in [4.69, 9.17) is 9.47 Å². The van der Waals surface area contributed by atoms with E-state index < -0.39 is 0 Å². The molecule has 0 saturated carbocycles. The first-order chi connectivity index (χ1) is 9.74. The van der Waals surface area contributed by atoms with Crippen molar-refractivity contribution in [3.8, 4) is 5.75 Å². The highest BCUT2D eigenvalue weighted by atomic mass is 16.5. The van der Waals surface area contributed by atoms with Gasteiger partial charge < -0.3 is 19.7 Å². The zero-order valence-corrected chi connectivity index (χ0v) is 12.6. The van der Waals surface area contributed by atoms with E-state index in [1.165, 1.54) is 0 Å². The molecule has 0 heterocycles. The molecule has 112 valence electrons. The van der Waals surface area contributed by atoms with Crippen molar-refractivity contribution in [1.29, 1.82) is 0 Å². The fourth-order valence-corrected chi connectivity index (χ4v) is 1.66. The Labute approximate surface area is 122 Å². The van der Waals surface area contributed by atoms with E-state index in [2.05, 4.69) is 22.9 Å². The molecule has 1 rings (SSSR count). The molecule has 0 radical (unpaired) electrons. The van der Waals surface area contributed by atoms with Crippen LogP contribution in [0.1, 0.15) is 5.56 Å². The number of nitrogens with one attached hydrogen (secondary N) is 1. The molecule has 1 aromatic carbocycles. The van der Waals surface area contributed by atoms with Gasteiger partial charge in [0.15, 0.2) is 0 Å². The summed E-state index contributed by atoms with van der Waals surface area (Å²) in [6.45, 7) is 8.27. The summed E-state index contributed by atoms with van der Waals surface area (Å²) in [5, 5.41) is 3.36. The van der Waals surface area contributed by atoms with Crippen molar-refractivity contribution >= 4 is 0 Å². The van der Waals surface area contributed by atoms with Crippen molar-refractivity contribution in [2.45, 2.75) is 6.54 Å². The van der Waals surface area contributed by atoms with Crippen LogP contribution in [0.2, 0.25) is 0 Å². The van der Waals surface area contributed by atoms with Crippen LogP contribution in [0.25, 0.3) is 0 Å². The molecule has 0 aliphatic heterocycles. The number of hydrogen-bond donors (Lipinski definition) is 1. The van der Waals surface area contributed by atoms with Crippen molar-refractivity contribution in [2.75, 3.05) is 47.0 Å². The number of rotatable bonds is 11. The fourth-order valence-electron chi connectivity index (χ4n) is 1.66. The van der Waals surface area contributed by atoms with E-state index in [0.717, 1.165) is 44.2 Å². The highest BCUT2D eigenvalue weighted by Gasteiger charge is 2.01. The summed E-state index contributed by atoms with van der Waals surface area (Å²) in [4.78, 5) is 2.11. The SMILES string of the molecule is C=CCOc1ccccc1CNCCOCCN(C)C. The van der Waals surface area contributed by atoms with Crippen LogP contribution in [0, 0.1) is 0 Å². The topological polar surface area (TPSA) is 33.7 Å². The van der Waals surface area contributed by atoms with Gasteiger partial charge in [-0.2, -0.15) is 0 Å². The maximum atomic E-state index is 5.61. The molecular weight excluding hydrogens is 252 g/mol. The Bertz CT molecular complexity index is 380. The first kappa shape index (κ1) is 16.7. The van der Waals surface area contributed by atoms with Gasteiger partial charge in [-0.15, -0.1) is 0 Å². The van der Waals surface area contributed by atoms with Gasteiger partial charge >= 0.3 is 0 Å². The van der Waals surface area contributed by atoms with E-state index >= 15 is 0 Å². The van der Waals surface area contributed by atoms with Crippen molar-refractivity contribution in [3.05, 3.63) is 42.5 Å². The van der Waals surface area contributed by atoms with Gasteiger partial charge in [0.1, 0.15) is 12.4 Å². The Balaban J connectivity index is 2.19. The third-order valence-electron chi connectivity index (χ3n) is 2.75. The summed E-state index contributed by atoms with van der Waals surface area (Å²) in [5.74, 6) is 0.911. The lowest BCUT2D eigenvalue weighted by atomic mass is 10.2. The zero-order chi connectivity index (χ0) is 14.6. The average molecular weight is 278 g/mol. The predicted octanol–water partition coefficient (Wildman–Crippen LogP) is 1.92. The molecule has 4 nitrogen and oxygen atoms in total. The summed E-state index contributed by atoms with van der Waals surface area (Å²) < 4.78 is 11.1. The van der Waals surface area contributed by atoms with Crippen LogP contribution in [0.15, 0.2) is 36.9 Å². The van der Waals surface area contributed by atoms with Gasteiger partial charge in [0.25, 0.3) is 0 Å². The molecule has 0 bridgehead atoms. The Morgan fingerprint density at radius 1 is 1.25 bits per heavy atom. The quantitative estimate of drug-likeness (QED) is 0.495. The summed E-state index contributed by atoms with van der Waals surface area (Å²) >= 11 is 0. The largest absolute Gasteiger partial charge is 0.489 e. The summed E-state index contributed by atoms with van der Waals surface area (Å²) in [6.07, 6.45) is 1.75. The molecule has 0 aliphatic rings. The molecule has 0 unspecified atom stereocenters. The van der Waals surface area contributed by atoms with E-state index in [1.54, 1.807) is 6.08 Å². The molecule has 0 saturated heterocycles. The first-order valence-electron chi connectivity index (χ1n) is 6.99. The average Bonchev–Trinajstić information content (AvgIpc) is 2.44. The molecule has 0 aliphatic carbocycles. The van der Waals surface area contributed by atoms with E-state index in [0.29, 0.717) is 6.61 Å². The number of hydrogen-bond acceptors (Lipinski definition) is 4. The zero-order valence-electron chi connectivity index (χ0n) is 12.6. The van der Waals surface area contributed by atoms with Gasteiger partial charge in [-0.3, -0.25) is 0 Å². The van der Waals surface area contributed by atoms with Gasteiger partial charge in [-0.05, 0) is 20.2 Å². The Morgan fingerprint density at radius 2 is 2.05 bits per heavy atom. The van der Waals surface area contributed by atoms with Crippen LogP contribution >= 0.6 is 0 Å². The molecule has 4 heteroatoms. The lowest BCUT2D eigenvalue weighted by molar-refractivity contribution is 0.119. The van der Waals surface area contributed by atoms with Crippen LogP contribution < -0.4 is 10.1 Å². The molecule has 20 heavy (non-hydrogen) atoms. The van der Waals surface area contributed by atoms with Gasteiger partial charge in [0.05, 0.1) is 13.2 Å². The third kappa shape index (κ3) is 7.28. The van der Waals surface area contributed by atoms with Gasteiger partial charge in [0.2, 0.25) is 0 Å². The normalized spacial score (nSPS) is 10.8. The molecule has 0 aromatic heterocycles. The van der Waals surface area contributed by atoms with Crippen LogP contribution in [-0.4, -0.2) is 51.9 Å². The third-order valence-corrected chi connectivity index (χ3v) is 2.75. The standard InChI is InChI=1S/C16H26N2O2/c1-4-11-20-16-8-6-5-7-15(16)14-17-9-12-19-13-10-18(2)3/h4-8,17H,1,9-14H2,2-3H3. The number of benzene rings is 1. The van der Waals surface area contributed by atoms with E-state index in [1.807, 2.05) is 32.3 Å². The highest BCUT2D eigenvalue weighted by Crippen LogP contribution is 2.17. The lowest BCUT2D eigenvalue weighted by Gasteiger charge is -2.12. The molecule has 0 spiro atoms. The smallest absolute Gasteiger partial charge is 0.124 e. The second kappa shape index (κ2) is 10.4. The maximum Gasteiger partial charge on any atom is 0.124 e.